The van der Waals surface area contributed by atoms with E-state index in [1.54, 1.807) is 11.3 Å². The fourth-order valence-electron chi connectivity index (χ4n) is 2.58. The Balaban J connectivity index is 1.85. The molecule has 19 heavy (non-hydrogen) atoms. The van der Waals surface area contributed by atoms with Gasteiger partial charge in [-0.15, -0.1) is 11.3 Å². The summed E-state index contributed by atoms with van der Waals surface area (Å²) < 4.78 is 5.91. The highest BCUT2D eigenvalue weighted by Gasteiger charge is 2.17. The van der Waals surface area contributed by atoms with E-state index in [0.29, 0.717) is 11.8 Å². The molecule has 2 aromatic heterocycles. The number of halogens is 1. The summed E-state index contributed by atoms with van der Waals surface area (Å²) in [5, 5.41) is 1.28. The van der Waals surface area contributed by atoms with E-state index in [1.807, 2.05) is 0 Å². The standard InChI is InChI=1S/C14H17ClN2OS/c1-2-10-7-11-12(16-14(15)17-13(11)19-10)18-8-9-5-3-4-6-9/h7,9H,2-6,8H2,1H3. The van der Waals surface area contributed by atoms with Gasteiger partial charge in [0.25, 0.3) is 0 Å². The molecule has 0 unspecified atom stereocenters. The molecule has 1 saturated carbocycles. The Labute approximate surface area is 122 Å². The number of rotatable bonds is 4. The zero-order valence-electron chi connectivity index (χ0n) is 11.0. The third-order valence-electron chi connectivity index (χ3n) is 3.66. The number of ether oxygens (including phenoxy) is 1. The fourth-order valence-corrected chi connectivity index (χ4v) is 3.75. The minimum atomic E-state index is 0.276. The molecule has 0 amide bonds. The third-order valence-corrected chi connectivity index (χ3v) is 5.00. The van der Waals surface area contributed by atoms with Gasteiger partial charge in [0.2, 0.25) is 11.2 Å². The van der Waals surface area contributed by atoms with E-state index >= 15 is 0 Å². The summed E-state index contributed by atoms with van der Waals surface area (Å²) in [5.74, 6) is 1.32. The predicted molar refractivity (Wildman–Crippen MR) is 79.3 cm³/mol. The lowest BCUT2D eigenvalue weighted by atomic mass is 10.1. The van der Waals surface area contributed by atoms with Crippen molar-refractivity contribution < 1.29 is 4.74 Å². The van der Waals surface area contributed by atoms with Crippen molar-refractivity contribution in [1.29, 1.82) is 0 Å². The topological polar surface area (TPSA) is 35.0 Å². The van der Waals surface area contributed by atoms with Gasteiger partial charge in [-0.1, -0.05) is 19.8 Å². The molecule has 0 aromatic carbocycles. The molecule has 0 aliphatic heterocycles. The van der Waals surface area contributed by atoms with Gasteiger partial charge in [0.05, 0.1) is 12.0 Å². The first kappa shape index (κ1) is 13.1. The zero-order chi connectivity index (χ0) is 13.2. The van der Waals surface area contributed by atoms with Crippen LogP contribution in [0.2, 0.25) is 5.28 Å². The van der Waals surface area contributed by atoms with Crippen LogP contribution in [-0.4, -0.2) is 16.6 Å². The minimum Gasteiger partial charge on any atom is -0.477 e. The molecule has 0 radical (unpaired) electrons. The number of nitrogens with zero attached hydrogens (tertiary/aromatic N) is 2. The summed E-state index contributed by atoms with van der Waals surface area (Å²) in [7, 11) is 0. The van der Waals surface area contributed by atoms with E-state index in [4.69, 9.17) is 16.3 Å². The summed E-state index contributed by atoms with van der Waals surface area (Å²) in [5.41, 5.74) is 0. The van der Waals surface area contributed by atoms with Gasteiger partial charge in [-0.25, -0.2) is 4.98 Å². The average molecular weight is 297 g/mol. The molecule has 2 heterocycles. The van der Waals surface area contributed by atoms with Crippen molar-refractivity contribution in [2.45, 2.75) is 39.0 Å². The Hall–Kier alpha value is -0.870. The highest BCUT2D eigenvalue weighted by atomic mass is 35.5. The SMILES string of the molecule is CCc1cc2c(OCC3CCCC3)nc(Cl)nc2s1. The highest BCUT2D eigenvalue weighted by molar-refractivity contribution is 7.18. The van der Waals surface area contributed by atoms with E-state index in [9.17, 15) is 0 Å². The van der Waals surface area contributed by atoms with E-state index in [2.05, 4.69) is 23.0 Å². The van der Waals surface area contributed by atoms with Crippen molar-refractivity contribution in [3.8, 4) is 5.88 Å². The second kappa shape index (κ2) is 5.63. The van der Waals surface area contributed by atoms with Crippen LogP contribution in [0.3, 0.4) is 0 Å². The van der Waals surface area contributed by atoms with Crippen LogP contribution in [0.1, 0.15) is 37.5 Å². The molecule has 5 heteroatoms. The van der Waals surface area contributed by atoms with Gasteiger partial charge in [-0.05, 0) is 42.8 Å². The number of fused-ring (bicyclic) bond motifs is 1. The van der Waals surface area contributed by atoms with E-state index in [0.717, 1.165) is 23.2 Å². The number of hydrogen-bond donors (Lipinski definition) is 0. The summed E-state index contributed by atoms with van der Waals surface area (Å²) in [6.07, 6.45) is 6.19. The molecule has 0 saturated heterocycles. The maximum Gasteiger partial charge on any atom is 0.227 e. The van der Waals surface area contributed by atoms with Gasteiger partial charge in [0.1, 0.15) is 4.83 Å². The summed E-state index contributed by atoms with van der Waals surface area (Å²) in [4.78, 5) is 10.7. The Bertz CT molecular complexity index is 578. The normalized spacial score (nSPS) is 16.3. The third kappa shape index (κ3) is 2.84. The van der Waals surface area contributed by atoms with Crippen molar-refractivity contribution >= 4 is 33.2 Å². The molecule has 102 valence electrons. The van der Waals surface area contributed by atoms with Crippen molar-refractivity contribution in [1.82, 2.24) is 9.97 Å². The maximum absolute atomic E-state index is 5.98. The van der Waals surface area contributed by atoms with Crippen molar-refractivity contribution in [2.24, 2.45) is 5.92 Å². The van der Waals surface area contributed by atoms with Crippen LogP contribution >= 0.6 is 22.9 Å². The number of aryl methyl sites for hydroxylation is 1. The van der Waals surface area contributed by atoms with Crippen molar-refractivity contribution in [3.05, 3.63) is 16.2 Å². The number of hydrogen-bond acceptors (Lipinski definition) is 4. The predicted octanol–water partition coefficient (Wildman–Crippen LogP) is 4.48. The molecule has 0 spiro atoms. The lowest BCUT2D eigenvalue weighted by Crippen LogP contribution is -2.09. The molecule has 0 bridgehead atoms. The first-order valence-corrected chi connectivity index (χ1v) is 8.04. The molecule has 2 aromatic rings. The second-order valence-corrected chi connectivity index (χ2v) is 6.50. The van der Waals surface area contributed by atoms with E-state index in [-0.39, 0.29) is 5.28 Å². The van der Waals surface area contributed by atoms with Crippen LogP contribution in [-0.2, 0) is 6.42 Å². The summed E-state index contributed by atoms with van der Waals surface area (Å²) >= 11 is 7.64. The quantitative estimate of drug-likeness (QED) is 0.781. The maximum atomic E-state index is 5.98. The van der Waals surface area contributed by atoms with Crippen LogP contribution in [0.4, 0.5) is 0 Å². The second-order valence-electron chi connectivity index (χ2n) is 5.04. The lowest BCUT2D eigenvalue weighted by Gasteiger charge is -2.11. The Morgan fingerprint density at radius 2 is 2.16 bits per heavy atom. The van der Waals surface area contributed by atoms with Gasteiger partial charge >= 0.3 is 0 Å². The van der Waals surface area contributed by atoms with Gasteiger partial charge in [0.15, 0.2) is 0 Å². The lowest BCUT2D eigenvalue weighted by molar-refractivity contribution is 0.246. The van der Waals surface area contributed by atoms with Crippen LogP contribution in [0.25, 0.3) is 10.2 Å². The molecule has 1 fully saturated rings. The molecule has 0 N–H and O–H groups in total. The van der Waals surface area contributed by atoms with Gasteiger partial charge in [0, 0.05) is 4.88 Å². The molecule has 1 aliphatic carbocycles. The van der Waals surface area contributed by atoms with Crippen LogP contribution in [0.15, 0.2) is 6.07 Å². The first-order valence-electron chi connectivity index (χ1n) is 6.85. The van der Waals surface area contributed by atoms with Crippen LogP contribution in [0.5, 0.6) is 5.88 Å². The van der Waals surface area contributed by atoms with Gasteiger partial charge < -0.3 is 4.74 Å². The molecule has 3 nitrogen and oxygen atoms in total. The number of thiophene rings is 1. The summed E-state index contributed by atoms with van der Waals surface area (Å²) in [6.45, 7) is 2.89. The first-order chi connectivity index (χ1) is 9.26. The highest BCUT2D eigenvalue weighted by Crippen LogP contribution is 2.33. The molecule has 0 atom stereocenters. The average Bonchev–Trinajstić information content (AvgIpc) is 3.04. The zero-order valence-corrected chi connectivity index (χ0v) is 12.6. The number of aromatic nitrogens is 2. The van der Waals surface area contributed by atoms with E-state index in [1.165, 1.54) is 30.6 Å². The van der Waals surface area contributed by atoms with Gasteiger partial charge in [-0.3, -0.25) is 0 Å². The fraction of sp³-hybridized carbons (Fsp3) is 0.571. The monoisotopic (exact) mass is 296 g/mol. The smallest absolute Gasteiger partial charge is 0.227 e. The molecule has 3 rings (SSSR count). The van der Waals surface area contributed by atoms with Gasteiger partial charge in [-0.2, -0.15) is 4.98 Å². The van der Waals surface area contributed by atoms with Crippen molar-refractivity contribution in [3.63, 3.8) is 0 Å². The molecular weight excluding hydrogens is 280 g/mol. The van der Waals surface area contributed by atoms with E-state index < -0.39 is 0 Å². The van der Waals surface area contributed by atoms with Crippen LogP contribution < -0.4 is 4.74 Å². The van der Waals surface area contributed by atoms with Crippen molar-refractivity contribution in [2.75, 3.05) is 6.61 Å². The molecular formula is C14H17ClN2OS. The minimum absolute atomic E-state index is 0.276. The summed E-state index contributed by atoms with van der Waals surface area (Å²) in [6, 6.07) is 2.13. The largest absolute Gasteiger partial charge is 0.477 e. The Morgan fingerprint density at radius 1 is 1.37 bits per heavy atom. The van der Waals surface area contributed by atoms with Crippen LogP contribution in [0, 0.1) is 5.92 Å². The Morgan fingerprint density at radius 3 is 2.89 bits per heavy atom. The Kier molecular flexibility index (Phi) is 3.89. The molecule has 1 aliphatic rings.